The lowest BCUT2D eigenvalue weighted by molar-refractivity contribution is -0.114. The molecule has 1 aromatic heterocycles. The Kier molecular flexibility index (Phi) is 2.63. The number of aromatic nitrogens is 1. The standard InChI is InChI=1S/C16H15NO/c1-17-9-5-8-16(17)15-11-13(18)10-14(15)12-6-3-2-4-7-12/h2-9,11,14H,10H2,1H3. The lowest BCUT2D eigenvalue weighted by atomic mass is 9.91. The Bertz CT molecular complexity index is 607. The fourth-order valence-corrected chi connectivity index (χ4v) is 2.64. The van der Waals surface area contributed by atoms with Gasteiger partial charge in [0.15, 0.2) is 5.78 Å². The van der Waals surface area contributed by atoms with Crippen molar-refractivity contribution >= 4 is 11.4 Å². The van der Waals surface area contributed by atoms with E-state index in [1.165, 1.54) is 5.56 Å². The maximum Gasteiger partial charge on any atom is 0.157 e. The summed E-state index contributed by atoms with van der Waals surface area (Å²) in [5, 5.41) is 0. The normalized spacial score (nSPS) is 19.1. The highest BCUT2D eigenvalue weighted by molar-refractivity contribution is 6.03. The van der Waals surface area contributed by atoms with Crippen molar-refractivity contribution in [3.63, 3.8) is 0 Å². The number of ketones is 1. The van der Waals surface area contributed by atoms with Gasteiger partial charge in [-0.15, -0.1) is 0 Å². The summed E-state index contributed by atoms with van der Waals surface area (Å²) >= 11 is 0. The van der Waals surface area contributed by atoms with E-state index < -0.39 is 0 Å². The van der Waals surface area contributed by atoms with Crippen LogP contribution in [0.15, 0.2) is 54.7 Å². The largest absolute Gasteiger partial charge is 0.351 e. The molecule has 0 radical (unpaired) electrons. The van der Waals surface area contributed by atoms with Crippen LogP contribution in [0.25, 0.3) is 5.57 Å². The SMILES string of the molecule is Cn1cccc1C1=CC(=O)CC1c1ccccc1. The molecule has 0 aliphatic heterocycles. The van der Waals surface area contributed by atoms with Crippen LogP contribution in [-0.4, -0.2) is 10.4 Å². The Labute approximate surface area is 107 Å². The van der Waals surface area contributed by atoms with Crippen LogP contribution in [0.2, 0.25) is 0 Å². The smallest absolute Gasteiger partial charge is 0.157 e. The molecule has 2 heteroatoms. The number of aryl methyl sites for hydroxylation is 1. The minimum absolute atomic E-state index is 0.201. The summed E-state index contributed by atoms with van der Waals surface area (Å²) in [6.07, 6.45) is 4.40. The molecular weight excluding hydrogens is 222 g/mol. The number of hydrogen-bond donors (Lipinski definition) is 0. The molecule has 1 aromatic carbocycles. The van der Waals surface area contributed by atoms with Crippen molar-refractivity contribution in [2.75, 3.05) is 0 Å². The molecule has 0 fully saturated rings. The first-order valence-electron chi connectivity index (χ1n) is 6.17. The second-order valence-corrected chi connectivity index (χ2v) is 4.74. The third-order valence-electron chi connectivity index (χ3n) is 3.54. The summed E-state index contributed by atoms with van der Waals surface area (Å²) in [6, 6.07) is 14.3. The molecule has 90 valence electrons. The van der Waals surface area contributed by atoms with E-state index in [0.717, 1.165) is 11.3 Å². The Hall–Kier alpha value is -2.09. The third kappa shape index (κ3) is 1.80. The highest BCUT2D eigenvalue weighted by atomic mass is 16.1. The Morgan fingerprint density at radius 2 is 1.89 bits per heavy atom. The van der Waals surface area contributed by atoms with Crippen molar-refractivity contribution in [3.05, 3.63) is 66.0 Å². The first kappa shape index (κ1) is 11.0. The van der Waals surface area contributed by atoms with Gasteiger partial charge in [-0.2, -0.15) is 0 Å². The average molecular weight is 237 g/mol. The molecule has 0 saturated carbocycles. The number of benzene rings is 1. The van der Waals surface area contributed by atoms with Crippen LogP contribution < -0.4 is 0 Å². The molecule has 0 saturated heterocycles. The van der Waals surface area contributed by atoms with E-state index in [1.54, 1.807) is 6.08 Å². The maximum atomic E-state index is 11.8. The molecule has 0 spiro atoms. The number of carbonyl (C=O) groups is 1. The molecule has 0 bridgehead atoms. The summed E-state index contributed by atoms with van der Waals surface area (Å²) in [5.41, 5.74) is 3.49. The molecule has 1 aliphatic carbocycles. The molecule has 0 N–H and O–H groups in total. The molecule has 18 heavy (non-hydrogen) atoms. The summed E-state index contributed by atoms with van der Waals surface area (Å²) in [7, 11) is 2.01. The van der Waals surface area contributed by atoms with Gasteiger partial charge in [-0.3, -0.25) is 4.79 Å². The number of allylic oxidation sites excluding steroid dienone is 2. The van der Waals surface area contributed by atoms with Gasteiger partial charge in [-0.25, -0.2) is 0 Å². The fourth-order valence-electron chi connectivity index (χ4n) is 2.64. The number of nitrogens with zero attached hydrogens (tertiary/aromatic N) is 1. The Balaban J connectivity index is 2.05. The molecule has 2 aromatic rings. The van der Waals surface area contributed by atoms with Crippen molar-refractivity contribution in [2.45, 2.75) is 12.3 Å². The van der Waals surface area contributed by atoms with E-state index >= 15 is 0 Å². The van der Waals surface area contributed by atoms with Crippen LogP contribution in [0.4, 0.5) is 0 Å². The van der Waals surface area contributed by atoms with Gasteiger partial charge in [0.1, 0.15) is 0 Å². The molecule has 1 atom stereocenters. The second kappa shape index (κ2) is 4.30. The predicted octanol–water partition coefficient (Wildman–Crippen LogP) is 3.17. The molecule has 3 rings (SSSR count). The van der Waals surface area contributed by atoms with Gasteiger partial charge in [0, 0.05) is 31.3 Å². The molecular formula is C16H15NO. The lowest BCUT2D eigenvalue weighted by Gasteiger charge is -2.15. The summed E-state index contributed by atoms with van der Waals surface area (Å²) < 4.78 is 2.07. The van der Waals surface area contributed by atoms with E-state index in [-0.39, 0.29) is 11.7 Å². The minimum Gasteiger partial charge on any atom is -0.351 e. The van der Waals surface area contributed by atoms with Crippen molar-refractivity contribution < 1.29 is 4.79 Å². The number of rotatable bonds is 2. The Morgan fingerprint density at radius 1 is 1.11 bits per heavy atom. The molecule has 2 nitrogen and oxygen atoms in total. The molecule has 1 aliphatic rings. The van der Waals surface area contributed by atoms with Gasteiger partial charge < -0.3 is 4.57 Å². The van der Waals surface area contributed by atoms with Crippen LogP contribution >= 0.6 is 0 Å². The second-order valence-electron chi connectivity index (χ2n) is 4.74. The summed E-state index contributed by atoms with van der Waals surface area (Å²) in [6.45, 7) is 0. The van der Waals surface area contributed by atoms with E-state index in [2.05, 4.69) is 22.8 Å². The zero-order valence-corrected chi connectivity index (χ0v) is 10.3. The maximum absolute atomic E-state index is 11.8. The van der Waals surface area contributed by atoms with Gasteiger partial charge in [0.05, 0.1) is 0 Å². The van der Waals surface area contributed by atoms with E-state index in [1.807, 2.05) is 37.5 Å². The highest BCUT2D eigenvalue weighted by Gasteiger charge is 2.28. The number of carbonyl (C=O) groups excluding carboxylic acids is 1. The van der Waals surface area contributed by atoms with Gasteiger partial charge in [0.2, 0.25) is 0 Å². The summed E-state index contributed by atoms with van der Waals surface area (Å²) in [4.78, 5) is 11.8. The van der Waals surface area contributed by atoms with Gasteiger partial charge in [0.25, 0.3) is 0 Å². The van der Waals surface area contributed by atoms with Crippen LogP contribution in [0.5, 0.6) is 0 Å². The Morgan fingerprint density at radius 3 is 2.56 bits per heavy atom. The van der Waals surface area contributed by atoms with Crippen LogP contribution in [0, 0.1) is 0 Å². The van der Waals surface area contributed by atoms with E-state index in [0.29, 0.717) is 6.42 Å². The first-order valence-corrected chi connectivity index (χ1v) is 6.17. The molecule has 0 amide bonds. The molecule has 1 heterocycles. The predicted molar refractivity (Wildman–Crippen MR) is 72.2 cm³/mol. The van der Waals surface area contributed by atoms with Crippen molar-refractivity contribution in [1.82, 2.24) is 4.57 Å². The van der Waals surface area contributed by atoms with Gasteiger partial charge >= 0.3 is 0 Å². The van der Waals surface area contributed by atoms with Gasteiger partial charge in [-0.1, -0.05) is 30.3 Å². The van der Waals surface area contributed by atoms with Crippen LogP contribution in [-0.2, 0) is 11.8 Å². The van der Waals surface area contributed by atoms with Crippen LogP contribution in [0.1, 0.15) is 23.6 Å². The minimum atomic E-state index is 0.201. The van der Waals surface area contributed by atoms with Crippen molar-refractivity contribution in [1.29, 1.82) is 0 Å². The first-order chi connectivity index (χ1) is 8.75. The fraction of sp³-hybridized carbons (Fsp3) is 0.188. The average Bonchev–Trinajstić information content (AvgIpc) is 2.96. The zero-order chi connectivity index (χ0) is 12.5. The third-order valence-corrected chi connectivity index (χ3v) is 3.54. The quantitative estimate of drug-likeness (QED) is 0.786. The van der Waals surface area contributed by atoms with Gasteiger partial charge in [-0.05, 0) is 29.3 Å². The lowest BCUT2D eigenvalue weighted by Crippen LogP contribution is -2.02. The van der Waals surface area contributed by atoms with Crippen LogP contribution in [0.3, 0.4) is 0 Å². The van der Waals surface area contributed by atoms with E-state index in [4.69, 9.17) is 0 Å². The molecule has 1 unspecified atom stereocenters. The van der Waals surface area contributed by atoms with Crippen molar-refractivity contribution in [2.24, 2.45) is 7.05 Å². The number of hydrogen-bond acceptors (Lipinski definition) is 1. The monoisotopic (exact) mass is 237 g/mol. The highest BCUT2D eigenvalue weighted by Crippen LogP contribution is 2.39. The summed E-state index contributed by atoms with van der Waals surface area (Å²) in [5.74, 6) is 0.423. The zero-order valence-electron chi connectivity index (χ0n) is 10.3. The van der Waals surface area contributed by atoms with E-state index in [9.17, 15) is 4.79 Å². The van der Waals surface area contributed by atoms with Crippen molar-refractivity contribution in [3.8, 4) is 0 Å². The topological polar surface area (TPSA) is 22.0 Å².